The van der Waals surface area contributed by atoms with E-state index in [1.54, 1.807) is 12.1 Å². The molecule has 0 aliphatic carbocycles. The first-order valence-corrected chi connectivity index (χ1v) is 6.68. The molecule has 0 atom stereocenters. The Hall–Kier alpha value is -1.26. The SMILES string of the molecule is CC(C)NC(=O)CCNC(=O)c1ccc(Cl)cc1Cl. The van der Waals surface area contributed by atoms with E-state index < -0.39 is 0 Å². The third-order valence-corrected chi connectivity index (χ3v) is 2.81. The van der Waals surface area contributed by atoms with Gasteiger partial charge in [-0.05, 0) is 32.0 Å². The van der Waals surface area contributed by atoms with Crippen LogP contribution in [0.5, 0.6) is 0 Å². The zero-order chi connectivity index (χ0) is 14.4. The summed E-state index contributed by atoms with van der Waals surface area (Å²) in [4.78, 5) is 23.2. The summed E-state index contributed by atoms with van der Waals surface area (Å²) in [5.74, 6) is -0.420. The van der Waals surface area contributed by atoms with E-state index in [1.165, 1.54) is 6.07 Å². The van der Waals surface area contributed by atoms with Crippen molar-refractivity contribution in [2.75, 3.05) is 6.54 Å². The normalized spacial score (nSPS) is 10.4. The van der Waals surface area contributed by atoms with Crippen LogP contribution >= 0.6 is 23.2 Å². The largest absolute Gasteiger partial charge is 0.354 e. The van der Waals surface area contributed by atoms with Crippen LogP contribution in [-0.4, -0.2) is 24.4 Å². The fourth-order valence-corrected chi connectivity index (χ4v) is 1.95. The van der Waals surface area contributed by atoms with Gasteiger partial charge < -0.3 is 10.6 Å². The summed E-state index contributed by atoms with van der Waals surface area (Å²) in [5.41, 5.74) is 0.343. The highest BCUT2D eigenvalue weighted by atomic mass is 35.5. The summed E-state index contributed by atoms with van der Waals surface area (Å²) in [7, 11) is 0. The van der Waals surface area contributed by atoms with E-state index in [0.717, 1.165) is 0 Å². The number of hydrogen-bond donors (Lipinski definition) is 2. The number of hydrogen-bond acceptors (Lipinski definition) is 2. The van der Waals surface area contributed by atoms with Gasteiger partial charge in [0, 0.05) is 24.0 Å². The number of halogens is 2. The quantitative estimate of drug-likeness (QED) is 0.878. The van der Waals surface area contributed by atoms with E-state index in [9.17, 15) is 9.59 Å². The Morgan fingerprint density at radius 3 is 2.53 bits per heavy atom. The van der Waals surface area contributed by atoms with Crippen molar-refractivity contribution >= 4 is 35.0 Å². The molecule has 4 nitrogen and oxygen atoms in total. The highest BCUT2D eigenvalue weighted by molar-refractivity contribution is 6.36. The van der Waals surface area contributed by atoms with Crippen molar-refractivity contribution in [3.8, 4) is 0 Å². The fraction of sp³-hybridized carbons (Fsp3) is 0.385. The lowest BCUT2D eigenvalue weighted by Crippen LogP contribution is -2.34. The molecule has 0 fully saturated rings. The summed E-state index contributed by atoms with van der Waals surface area (Å²) in [6.07, 6.45) is 0.231. The average Bonchev–Trinajstić information content (AvgIpc) is 2.27. The Labute approximate surface area is 122 Å². The first kappa shape index (κ1) is 15.8. The highest BCUT2D eigenvalue weighted by Gasteiger charge is 2.11. The maximum absolute atomic E-state index is 11.8. The van der Waals surface area contributed by atoms with Crippen LogP contribution in [0.4, 0.5) is 0 Å². The third-order valence-electron chi connectivity index (χ3n) is 2.26. The maximum Gasteiger partial charge on any atom is 0.252 e. The Morgan fingerprint density at radius 2 is 1.95 bits per heavy atom. The van der Waals surface area contributed by atoms with E-state index >= 15 is 0 Å². The lowest BCUT2D eigenvalue weighted by Gasteiger charge is -2.09. The molecule has 1 rings (SSSR count). The predicted octanol–water partition coefficient (Wildman–Crippen LogP) is 2.64. The van der Waals surface area contributed by atoms with Gasteiger partial charge in [0.25, 0.3) is 5.91 Å². The molecule has 0 unspecified atom stereocenters. The third kappa shape index (κ3) is 5.49. The number of carbonyl (C=O) groups excluding carboxylic acids is 2. The van der Waals surface area contributed by atoms with E-state index in [4.69, 9.17) is 23.2 Å². The minimum Gasteiger partial charge on any atom is -0.354 e. The fourth-order valence-electron chi connectivity index (χ4n) is 1.45. The van der Waals surface area contributed by atoms with Crippen LogP contribution in [0.15, 0.2) is 18.2 Å². The van der Waals surface area contributed by atoms with Gasteiger partial charge >= 0.3 is 0 Å². The molecule has 0 spiro atoms. The average molecular weight is 303 g/mol. The van der Waals surface area contributed by atoms with Crippen LogP contribution < -0.4 is 10.6 Å². The summed E-state index contributed by atoms with van der Waals surface area (Å²) < 4.78 is 0. The van der Waals surface area contributed by atoms with Gasteiger partial charge in [0.1, 0.15) is 0 Å². The van der Waals surface area contributed by atoms with Crippen molar-refractivity contribution in [2.45, 2.75) is 26.3 Å². The minimum atomic E-state index is -0.320. The molecule has 0 saturated carbocycles. The van der Waals surface area contributed by atoms with Crippen LogP contribution in [0, 0.1) is 0 Å². The second-order valence-electron chi connectivity index (χ2n) is 4.35. The summed E-state index contributed by atoms with van der Waals surface area (Å²) >= 11 is 11.7. The first-order chi connectivity index (χ1) is 8.90. The molecule has 0 heterocycles. The van der Waals surface area contributed by atoms with Crippen molar-refractivity contribution in [1.82, 2.24) is 10.6 Å². The molecule has 1 aromatic rings. The van der Waals surface area contributed by atoms with Gasteiger partial charge in [0.05, 0.1) is 10.6 Å². The number of rotatable bonds is 5. The summed E-state index contributed by atoms with van der Waals surface area (Å²) in [5, 5.41) is 6.14. The number of nitrogens with one attached hydrogen (secondary N) is 2. The molecular weight excluding hydrogens is 287 g/mol. The van der Waals surface area contributed by atoms with E-state index in [0.29, 0.717) is 10.6 Å². The van der Waals surface area contributed by atoms with Gasteiger partial charge in [0.2, 0.25) is 5.91 Å². The van der Waals surface area contributed by atoms with Crippen molar-refractivity contribution in [3.63, 3.8) is 0 Å². The first-order valence-electron chi connectivity index (χ1n) is 5.92. The van der Waals surface area contributed by atoms with Gasteiger partial charge in [-0.1, -0.05) is 23.2 Å². The predicted molar refractivity (Wildman–Crippen MR) is 76.7 cm³/mol. The van der Waals surface area contributed by atoms with E-state index in [-0.39, 0.29) is 35.8 Å². The molecule has 0 aromatic heterocycles. The second-order valence-corrected chi connectivity index (χ2v) is 5.20. The zero-order valence-electron chi connectivity index (χ0n) is 10.8. The second kappa shape index (κ2) is 7.36. The standard InChI is InChI=1S/C13H16Cl2N2O2/c1-8(2)17-12(18)5-6-16-13(19)10-4-3-9(14)7-11(10)15/h3-4,7-8H,5-6H2,1-2H3,(H,16,19)(H,17,18). The molecule has 104 valence electrons. The van der Waals surface area contributed by atoms with E-state index in [2.05, 4.69) is 10.6 Å². The Kier molecular flexibility index (Phi) is 6.12. The lowest BCUT2D eigenvalue weighted by atomic mass is 10.2. The summed E-state index contributed by atoms with van der Waals surface area (Å²) in [6.45, 7) is 4.02. The smallest absolute Gasteiger partial charge is 0.252 e. The molecule has 2 amide bonds. The van der Waals surface area contributed by atoms with Crippen molar-refractivity contribution in [2.24, 2.45) is 0 Å². The van der Waals surface area contributed by atoms with Gasteiger partial charge in [-0.15, -0.1) is 0 Å². The van der Waals surface area contributed by atoms with Gasteiger partial charge in [-0.2, -0.15) is 0 Å². The number of amides is 2. The molecule has 0 aliphatic heterocycles. The van der Waals surface area contributed by atoms with Gasteiger partial charge in [-0.3, -0.25) is 9.59 Å². The maximum atomic E-state index is 11.8. The number of carbonyl (C=O) groups is 2. The molecule has 2 N–H and O–H groups in total. The van der Waals surface area contributed by atoms with Crippen LogP contribution in [0.25, 0.3) is 0 Å². The Morgan fingerprint density at radius 1 is 1.26 bits per heavy atom. The minimum absolute atomic E-state index is 0.0916. The zero-order valence-corrected chi connectivity index (χ0v) is 12.3. The topological polar surface area (TPSA) is 58.2 Å². The van der Waals surface area contributed by atoms with Crippen LogP contribution in [-0.2, 0) is 4.79 Å². The van der Waals surface area contributed by atoms with E-state index in [1.807, 2.05) is 13.8 Å². The molecule has 1 aromatic carbocycles. The Balaban J connectivity index is 2.45. The molecule has 0 aliphatic rings. The van der Waals surface area contributed by atoms with Crippen molar-refractivity contribution in [1.29, 1.82) is 0 Å². The molecule has 0 radical (unpaired) electrons. The van der Waals surface area contributed by atoms with Crippen LogP contribution in [0.1, 0.15) is 30.6 Å². The molecule has 0 saturated heterocycles. The molecule has 6 heteroatoms. The van der Waals surface area contributed by atoms with Gasteiger partial charge in [-0.25, -0.2) is 0 Å². The lowest BCUT2D eigenvalue weighted by molar-refractivity contribution is -0.121. The molecule has 0 bridgehead atoms. The Bertz CT molecular complexity index is 476. The van der Waals surface area contributed by atoms with Crippen molar-refractivity contribution in [3.05, 3.63) is 33.8 Å². The molecule has 19 heavy (non-hydrogen) atoms. The summed E-state index contributed by atoms with van der Waals surface area (Å²) in [6, 6.07) is 4.74. The molecular formula is C13H16Cl2N2O2. The van der Waals surface area contributed by atoms with Gasteiger partial charge in [0.15, 0.2) is 0 Å². The van der Waals surface area contributed by atoms with Crippen LogP contribution in [0.2, 0.25) is 10.0 Å². The monoisotopic (exact) mass is 302 g/mol. The van der Waals surface area contributed by atoms with Crippen LogP contribution in [0.3, 0.4) is 0 Å². The van der Waals surface area contributed by atoms with Crippen molar-refractivity contribution < 1.29 is 9.59 Å². The number of benzene rings is 1. The highest BCUT2D eigenvalue weighted by Crippen LogP contribution is 2.20.